The zero-order valence-corrected chi connectivity index (χ0v) is 16.6. The van der Waals surface area contributed by atoms with Crippen molar-refractivity contribution in [2.75, 3.05) is 4.72 Å². The number of thiophene rings is 1. The first kappa shape index (κ1) is 19.9. The van der Waals surface area contributed by atoms with Crippen LogP contribution >= 0.6 is 22.9 Å². The average Bonchev–Trinajstić information content (AvgIpc) is 3.22. The van der Waals surface area contributed by atoms with Crippen LogP contribution in [0.3, 0.4) is 0 Å². The van der Waals surface area contributed by atoms with Crippen LogP contribution in [0.15, 0.2) is 70.3 Å². The van der Waals surface area contributed by atoms with Crippen molar-refractivity contribution < 1.29 is 18.0 Å². The van der Waals surface area contributed by atoms with Gasteiger partial charge in [-0.15, -0.1) is 11.3 Å². The molecule has 0 radical (unpaired) electrons. The third kappa shape index (κ3) is 4.69. The molecule has 0 unspecified atom stereocenters. The molecule has 0 aliphatic heterocycles. The summed E-state index contributed by atoms with van der Waals surface area (Å²) in [5.74, 6) is -1.24. The standard InChI is InChI=1S/C18H14ClN3O4S2/c19-13-6-3-5-12(11-13)17(23)20-21-18(24)14-7-1-2-8-15(14)22-28(25,26)16-9-4-10-27-16/h1-11,22H,(H,20,23)(H,21,24). The topological polar surface area (TPSA) is 104 Å². The van der Waals surface area contributed by atoms with Gasteiger partial charge in [0.15, 0.2) is 0 Å². The fourth-order valence-electron chi connectivity index (χ4n) is 2.26. The normalized spacial score (nSPS) is 10.9. The number of para-hydroxylation sites is 1. The molecule has 7 nitrogen and oxygen atoms in total. The monoisotopic (exact) mass is 435 g/mol. The van der Waals surface area contributed by atoms with E-state index in [-0.39, 0.29) is 21.0 Å². The van der Waals surface area contributed by atoms with Crippen LogP contribution in [-0.4, -0.2) is 20.2 Å². The van der Waals surface area contributed by atoms with Crippen molar-refractivity contribution in [3.8, 4) is 0 Å². The molecule has 0 spiro atoms. The van der Waals surface area contributed by atoms with E-state index in [0.29, 0.717) is 5.02 Å². The Morgan fingerprint density at radius 1 is 0.893 bits per heavy atom. The molecular weight excluding hydrogens is 422 g/mol. The van der Waals surface area contributed by atoms with Crippen LogP contribution < -0.4 is 15.6 Å². The molecular formula is C18H14ClN3O4S2. The van der Waals surface area contributed by atoms with Gasteiger partial charge < -0.3 is 0 Å². The van der Waals surface area contributed by atoms with Crippen LogP contribution in [0, 0.1) is 0 Å². The third-order valence-corrected chi connectivity index (χ3v) is 6.55. The molecule has 0 atom stereocenters. The van der Waals surface area contributed by atoms with E-state index in [0.717, 1.165) is 11.3 Å². The van der Waals surface area contributed by atoms with E-state index < -0.39 is 21.8 Å². The number of hydrogen-bond donors (Lipinski definition) is 3. The lowest BCUT2D eigenvalue weighted by Crippen LogP contribution is -2.41. The number of carbonyl (C=O) groups is 2. The second-order valence-electron chi connectivity index (χ2n) is 5.50. The smallest absolute Gasteiger partial charge is 0.271 e. The molecule has 10 heteroatoms. The summed E-state index contributed by atoms with van der Waals surface area (Å²) < 4.78 is 27.3. The van der Waals surface area contributed by atoms with Gasteiger partial charge >= 0.3 is 0 Å². The minimum atomic E-state index is -3.82. The van der Waals surface area contributed by atoms with Crippen molar-refractivity contribution in [2.45, 2.75) is 4.21 Å². The van der Waals surface area contributed by atoms with Crippen molar-refractivity contribution >= 4 is 50.5 Å². The molecule has 1 aromatic heterocycles. The molecule has 0 saturated carbocycles. The van der Waals surface area contributed by atoms with E-state index >= 15 is 0 Å². The Kier molecular flexibility index (Phi) is 5.98. The Balaban J connectivity index is 1.73. The van der Waals surface area contributed by atoms with Gasteiger partial charge in [0.05, 0.1) is 11.3 Å². The molecule has 0 fully saturated rings. The van der Waals surface area contributed by atoms with Crippen molar-refractivity contribution in [3.63, 3.8) is 0 Å². The van der Waals surface area contributed by atoms with E-state index in [1.54, 1.807) is 35.7 Å². The number of nitrogens with one attached hydrogen (secondary N) is 3. The minimum absolute atomic E-state index is 0.0500. The zero-order valence-electron chi connectivity index (χ0n) is 14.2. The first-order valence-corrected chi connectivity index (χ1v) is 10.6. The van der Waals surface area contributed by atoms with Crippen LogP contribution in [0.25, 0.3) is 0 Å². The summed E-state index contributed by atoms with van der Waals surface area (Å²) in [6, 6.07) is 15.4. The van der Waals surface area contributed by atoms with Crippen LogP contribution in [-0.2, 0) is 10.0 Å². The van der Waals surface area contributed by atoms with Gasteiger partial charge in [0, 0.05) is 10.6 Å². The molecule has 28 heavy (non-hydrogen) atoms. The number of anilines is 1. The molecule has 2 aromatic carbocycles. The quantitative estimate of drug-likeness (QED) is 0.535. The molecule has 1 heterocycles. The summed E-state index contributed by atoms with van der Waals surface area (Å²) in [6.45, 7) is 0. The number of benzene rings is 2. The first-order valence-electron chi connectivity index (χ1n) is 7.88. The van der Waals surface area contributed by atoms with Gasteiger partial charge in [0.1, 0.15) is 4.21 Å². The van der Waals surface area contributed by atoms with E-state index in [1.807, 2.05) is 0 Å². The summed E-state index contributed by atoms with van der Waals surface area (Å²) in [6.07, 6.45) is 0. The fourth-order valence-corrected chi connectivity index (χ4v) is 4.53. The summed E-state index contributed by atoms with van der Waals surface area (Å²) in [7, 11) is -3.82. The second-order valence-corrected chi connectivity index (χ2v) is 8.80. The first-order chi connectivity index (χ1) is 13.4. The predicted octanol–water partition coefficient (Wildman–Crippen LogP) is 3.28. The maximum absolute atomic E-state index is 12.5. The van der Waals surface area contributed by atoms with E-state index in [1.165, 1.54) is 30.3 Å². The van der Waals surface area contributed by atoms with Crippen molar-refractivity contribution in [1.29, 1.82) is 0 Å². The van der Waals surface area contributed by atoms with Crippen molar-refractivity contribution in [2.24, 2.45) is 0 Å². The lowest BCUT2D eigenvalue weighted by molar-refractivity contribution is 0.0847. The Morgan fingerprint density at radius 2 is 1.64 bits per heavy atom. The highest BCUT2D eigenvalue weighted by atomic mass is 35.5. The largest absolute Gasteiger partial charge is 0.278 e. The molecule has 0 bridgehead atoms. The number of amides is 2. The van der Waals surface area contributed by atoms with Gasteiger partial charge in [0.25, 0.3) is 21.8 Å². The number of hydrazine groups is 1. The number of halogens is 1. The van der Waals surface area contributed by atoms with Gasteiger partial charge in [0.2, 0.25) is 0 Å². The fraction of sp³-hybridized carbons (Fsp3) is 0. The molecule has 144 valence electrons. The predicted molar refractivity (Wildman–Crippen MR) is 108 cm³/mol. The summed E-state index contributed by atoms with van der Waals surface area (Å²) >= 11 is 6.90. The van der Waals surface area contributed by atoms with Crippen LogP contribution in [0.4, 0.5) is 5.69 Å². The SMILES string of the molecule is O=C(NNC(=O)c1ccccc1NS(=O)(=O)c1cccs1)c1cccc(Cl)c1. The molecule has 0 aliphatic carbocycles. The van der Waals surface area contributed by atoms with Gasteiger partial charge in [-0.05, 0) is 41.8 Å². The van der Waals surface area contributed by atoms with Crippen molar-refractivity contribution in [1.82, 2.24) is 10.9 Å². The maximum Gasteiger partial charge on any atom is 0.271 e. The summed E-state index contributed by atoms with van der Waals surface area (Å²) in [4.78, 5) is 24.6. The Morgan fingerprint density at radius 3 is 2.36 bits per heavy atom. The molecule has 2 amide bonds. The van der Waals surface area contributed by atoms with Crippen LogP contribution in [0.2, 0.25) is 5.02 Å². The van der Waals surface area contributed by atoms with Crippen LogP contribution in [0.5, 0.6) is 0 Å². The van der Waals surface area contributed by atoms with E-state index in [9.17, 15) is 18.0 Å². The lowest BCUT2D eigenvalue weighted by atomic mass is 10.2. The molecule has 0 aliphatic rings. The van der Waals surface area contributed by atoms with Gasteiger partial charge in [-0.1, -0.05) is 35.9 Å². The minimum Gasteiger partial charge on any atom is -0.278 e. The van der Waals surface area contributed by atoms with Gasteiger partial charge in [-0.3, -0.25) is 25.2 Å². The average molecular weight is 436 g/mol. The highest BCUT2D eigenvalue weighted by Crippen LogP contribution is 2.22. The number of hydrogen-bond acceptors (Lipinski definition) is 5. The summed E-state index contributed by atoms with van der Waals surface area (Å²) in [5, 5.41) is 2.02. The highest BCUT2D eigenvalue weighted by molar-refractivity contribution is 7.94. The lowest BCUT2D eigenvalue weighted by Gasteiger charge is -2.12. The Bertz CT molecular complexity index is 1120. The van der Waals surface area contributed by atoms with Gasteiger partial charge in [-0.25, -0.2) is 8.42 Å². The molecule has 0 saturated heterocycles. The Labute approximate surface area is 170 Å². The number of rotatable bonds is 5. The maximum atomic E-state index is 12.5. The second kappa shape index (κ2) is 8.42. The van der Waals surface area contributed by atoms with Crippen molar-refractivity contribution in [3.05, 3.63) is 82.2 Å². The van der Waals surface area contributed by atoms with E-state index in [2.05, 4.69) is 15.6 Å². The van der Waals surface area contributed by atoms with Gasteiger partial charge in [-0.2, -0.15) is 0 Å². The number of carbonyl (C=O) groups excluding carboxylic acids is 2. The zero-order chi connectivity index (χ0) is 20.1. The molecule has 3 aromatic rings. The molecule has 3 rings (SSSR count). The summed E-state index contributed by atoms with van der Waals surface area (Å²) in [5.41, 5.74) is 4.94. The molecule has 3 N–H and O–H groups in total. The van der Waals surface area contributed by atoms with E-state index in [4.69, 9.17) is 11.6 Å². The Hall–Kier alpha value is -2.88. The third-order valence-electron chi connectivity index (χ3n) is 3.55. The number of sulfonamides is 1. The van der Waals surface area contributed by atoms with Crippen LogP contribution in [0.1, 0.15) is 20.7 Å². The highest BCUT2D eigenvalue weighted by Gasteiger charge is 2.19.